The molecule has 0 aliphatic heterocycles. The average molecular weight is 210 g/mol. The van der Waals surface area contributed by atoms with E-state index in [1.165, 1.54) is 12.2 Å². The molecule has 0 bridgehead atoms. The maximum atomic E-state index is 10.3. The molecule has 0 fully saturated rings. The first kappa shape index (κ1) is 9.99. The van der Waals surface area contributed by atoms with Crippen molar-refractivity contribution in [1.29, 1.82) is 0 Å². The van der Waals surface area contributed by atoms with Gasteiger partial charge in [0.2, 0.25) is 12.2 Å². The molecule has 0 aliphatic carbocycles. The van der Waals surface area contributed by atoms with Crippen molar-refractivity contribution in [2.75, 3.05) is 0 Å². The number of aliphatic imine (C=N–C) groups is 2. The van der Waals surface area contributed by atoms with Crippen LogP contribution in [-0.4, -0.2) is 12.2 Å². The molecule has 0 aliphatic rings. The van der Waals surface area contributed by atoms with Crippen LogP contribution in [0.2, 0.25) is 0 Å². The number of hydrogen-bond donors (Lipinski definition) is 0. The number of nitrogens with zero attached hydrogens (tertiary/aromatic N) is 2. The van der Waals surface area contributed by atoms with E-state index >= 15 is 0 Å². The van der Waals surface area contributed by atoms with Gasteiger partial charge in [-0.2, -0.15) is 9.98 Å². The van der Waals surface area contributed by atoms with E-state index in [9.17, 15) is 9.59 Å². The normalized spacial score (nSPS) is 9.25. The Morgan fingerprint density at radius 2 is 1.62 bits per heavy atom. The summed E-state index contributed by atoms with van der Waals surface area (Å²) in [6.07, 6.45) is 2.89. The molecule has 16 heavy (non-hydrogen) atoms. The third-order valence-corrected chi connectivity index (χ3v) is 2.20. The maximum Gasteiger partial charge on any atom is 0.240 e. The van der Waals surface area contributed by atoms with Gasteiger partial charge in [-0.3, -0.25) is 0 Å². The molecule has 2 rings (SSSR count). The Morgan fingerprint density at radius 3 is 2.38 bits per heavy atom. The second-order valence-electron chi connectivity index (χ2n) is 3.06. The quantitative estimate of drug-likeness (QED) is 0.565. The minimum atomic E-state index is 0.317. The first-order chi connectivity index (χ1) is 7.86. The predicted molar refractivity (Wildman–Crippen MR) is 59.5 cm³/mol. The van der Waals surface area contributed by atoms with Crippen molar-refractivity contribution in [3.05, 3.63) is 36.4 Å². The molecule has 76 valence electrons. The molecule has 4 heteroatoms. The highest BCUT2D eigenvalue weighted by molar-refractivity contribution is 5.98. The highest BCUT2D eigenvalue weighted by atomic mass is 16.1. The van der Waals surface area contributed by atoms with Crippen LogP contribution in [0, 0.1) is 0 Å². The van der Waals surface area contributed by atoms with E-state index < -0.39 is 0 Å². The second-order valence-corrected chi connectivity index (χ2v) is 3.06. The van der Waals surface area contributed by atoms with Crippen LogP contribution in [0.4, 0.5) is 11.4 Å². The molecule has 0 saturated carbocycles. The number of rotatable bonds is 2. The van der Waals surface area contributed by atoms with E-state index in [1.54, 1.807) is 18.2 Å². The second kappa shape index (κ2) is 4.32. The van der Waals surface area contributed by atoms with E-state index in [2.05, 4.69) is 9.98 Å². The van der Waals surface area contributed by atoms with Crippen molar-refractivity contribution in [1.82, 2.24) is 0 Å². The Balaban J connectivity index is 2.88. The smallest absolute Gasteiger partial charge is 0.211 e. The van der Waals surface area contributed by atoms with Crippen LogP contribution < -0.4 is 0 Å². The Hall–Kier alpha value is -2.54. The van der Waals surface area contributed by atoms with Gasteiger partial charge in [0, 0.05) is 5.39 Å². The predicted octanol–water partition coefficient (Wildman–Crippen LogP) is 2.77. The van der Waals surface area contributed by atoms with Crippen LogP contribution in [-0.2, 0) is 9.59 Å². The average Bonchev–Trinajstić information content (AvgIpc) is 2.32. The van der Waals surface area contributed by atoms with Crippen molar-refractivity contribution in [2.45, 2.75) is 0 Å². The SMILES string of the molecule is O=C=Nc1ccc2ccccc2c1N=C=O. The molecular weight excluding hydrogens is 204 g/mol. The fraction of sp³-hybridized carbons (Fsp3) is 0. The Kier molecular flexibility index (Phi) is 2.70. The van der Waals surface area contributed by atoms with Crippen LogP contribution in [0.1, 0.15) is 0 Å². The summed E-state index contributed by atoms with van der Waals surface area (Å²) >= 11 is 0. The van der Waals surface area contributed by atoms with Crippen LogP contribution in [0.3, 0.4) is 0 Å². The van der Waals surface area contributed by atoms with Crippen LogP contribution in [0.5, 0.6) is 0 Å². The summed E-state index contributed by atoms with van der Waals surface area (Å²) in [6, 6.07) is 10.8. The highest BCUT2D eigenvalue weighted by Gasteiger charge is 2.05. The first-order valence-corrected chi connectivity index (χ1v) is 4.54. The van der Waals surface area contributed by atoms with E-state index in [1.807, 2.05) is 18.2 Å². The van der Waals surface area contributed by atoms with E-state index in [0.29, 0.717) is 11.4 Å². The zero-order chi connectivity index (χ0) is 11.4. The van der Waals surface area contributed by atoms with Gasteiger partial charge in [0.05, 0.1) is 0 Å². The lowest BCUT2D eigenvalue weighted by atomic mass is 10.1. The van der Waals surface area contributed by atoms with Crippen molar-refractivity contribution in [3.8, 4) is 0 Å². The summed E-state index contributed by atoms with van der Waals surface area (Å²) < 4.78 is 0. The highest BCUT2D eigenvalue weighted by Crippen LogP contribution is 2.35. The van der Waals surface area contributed by atoms with Crippen molar-refractivity contribution >= 4 is 34.3 Å². The van der Waals surface area contributed by atoms with Gasteiger partial charge in [-0.15, -0.1) is 0 Å². The standard InChI is InChI=1S/C12H6N2O2/c15-7-13-11-6-5-9-3-1-2-4-10(9)12(11)14-8-16/h1-6H. The van der Waals surface area contributed by atoms with Crippen LogP contribution in [0.25, 0.3) is 10.8 Å². The lowest BCUT2D eigenvalue weighted by Crippen LogP contribution is -1.75. The van der Waals surface area contributed by atoms with Gasteiger partial charge in [0.25, 0.3) is 0 Å². The lowest BCUT2D eigenvalue weighted by molar-refractivity contribution is 0.564. The molecule has 2 aromatic carbocycles. The summed E-state index contributed by atoms with van der Waals surface area (Å²) in [5.74, 6) is 0. The molecule has 0 unspecified atom stereocenters. The van der Waals surface area contributed by atoms with Crippen LogP contribution >= 0.6 is 0 Å². The number of fused-ring (bicyclic) bond motifs is 1. The topological polar surface area (TPSA) is 58.9 Å². The van der Waals surface area contributed by atoms with Gasteiger partial charge in [-0.05, 0) is 11.5 Å². The number of isocyanates is 2. The third-order valence-electron chi connectivity index (χ3n) is 2.20. The van der Waals surface area contributed by atoms with Gasteiger partial charge in [0.1, 0.15) is 11.4 Å². The maximum absolute atomic E-state index is 10.3. The fourth-order valence-corrected chi connectivity index (χ4v) is 1.55. The van der Waals surface area contributed by atoms with E-state index in [4.69, 9.17) is 0 Å². The monoisotopic (exact) mass is 210 g/mol. The van der Waals surface area contributed by atoms with Gasteiger partial charge in [-0.25, -0.2) is 9.59 Å². The fourth-order valence-electron chi connectivity index (χ4n) is 1.55. The molecule has 0 atom stereocenters. The zero-order valence-corrected chi connectivity index (χ0v) is 8.18. The van der Waals surface area contributed by atoms with Gasteiger partial charge < -0.3 is 0 Å². The molecule has 0 radical (unpaired) electrons. The van der Waals surface area contributed by atoms with Crippen molar-refractivity contribution < 1.29 is 9.59 Å². The van der Waals surface area contributed by atoms with Crippen LogP contribution in [0.15, 0.2) is 46.4 Å². The summed E-state index contributed by atoms with van der Waals surface area (Å²) in [4.78, 5) is 27.6. The lowest BCUT2D eigenvalue weighted by Gasteiger charge is -2.02. The Labute approximate surface area is 91.0 Å². The molecule has 2 aromatic rings. The summed E-state index contributed by atoms with van der Waals surface area (Å²) in [5.41, 5.74) is 0.661. The van der Waals surface area contributed by atoms with Gasteiger partial charge in [-0.1, -0.05) is 30.3 Å². The minimum Gasteiger partial charge on any atom is -0.211 e. The molecule has 0 saturated heterocycles. The molecule has 4 nitrogen and oxygen atoms in total. The zero-order valence-electron chi connectivity index (χ0n) is 8.18. The third kappa shape index (κ3) is 1.66. The summed E-state index contributed by atoms with van der Waals surface area (Å²) in [7, 11) is 0. The van der Waals surface area contributed by atoms with Gasteiger partial charge >= 0.3 is 0 Å². The largest absolute Gasteiger partial charge is 0.240 e. The molecular formula is C12H6N2O2. The molecule has 0 amide bonds. The Morgan fingerprint density at radius 1 is 0.875 bits per heavy atom. The van der Waals surface area contributed by atoms with Crippen molar-refractivity contribution in [2.24, 2.45) is 9.98 Å². The van der Waals surface area contributed by atoms with E-state index in [0.717, 1.165) is 10.8 Å². The summed E-state index contributed by atoms with van der Waals surface area (Å²) in [5, 5.41) is 1.67. The van der Waals surface area contributed by atoms with Crippen molar-refractivity contribution in [3.63, 3.8) is 0 Å². The minimum absolute atomic E-state index is 0.317. The number of hydrogen-bond acceptors (Lipinski definition) is 4. The first-order valence-electron chi connectivity index (χ1n) is 4.54. The molecule has 0 N–H and O–H groups in total. The molecule has 0 heterocycles. The van der Waals surface area contributed by atoms with Gasteiger partial charge in [0.15, 0.2) is 0 Å². The number of benzene rings is 2. The van der Waals surface area contributed by atoms with E-state index in [-0.39, 0.29) is 0 Å². The Bertz CT molecular complexity index is 637. The molecule has 0 spiro atoms. The molecule has 0 aromatic heterocycles. The summed E-state index contributed by atoms with van der Waals surface area (Å²) in [6.45, 7) is 0. The number of carbonyl (C=O) groups excluding carboxylic acids is 2.